The van der Waals surface area contributed by atoms with Gasteiger partial charge in [-0.2, -0.15) is 0 Å². The van der Waals surface area contributed by atoms with Gasteiger partial charge in [-0.15, -0.1) is 0 Å². The van der Waals surface area contributed by atoms with Crippen molar-refractivity contribution in [2.45, 2.75) is 26.3 Å². The molecular weight excluding hydrogens is 270 g/mol. The van der Waals surface area contributed by atoms with Crippen molar-refractivity contribution in [1.82, 2.24) is 0 Å². The standard InChI is InChI=1S/C17H20ClNO/c1-11-9-16(18)12(2)8-15(11)17(19)10-13-4-6-14(20-3)7-5-13/h4-9,17H,10,19H2,1-3H3. The first-order valence-electron chi connectivity index (χ1n) is 6.66. The molecule has 106 valence electrons. The molecule has 3 heteroatoms. The molecule has 0 fully saturated rings. The van der Waals surface area contributed by atoms with Gasteiger partial charge in [0.2, 0.25) is 0 Å². The Hall–Kier alpha value is -1.51. The Bertz CT molecular complexity index is 593. The van der Waals surface area contributed by atoms with Crippen LogP contribution in [-0.2, 0) is 6.42 Å². The van der Waals surface area contributed by atoms with E-state index in [1.807, 2.05) is 25.1 Å². The Balaban J connectivity index is 2.18. The van der Waals surface area contributed by atoms with Crippen LogP contribution in [0.25, 0.3) is 0 Å². The van der Waals surface area contributed by atoms with Crippen LogP contribution in [0.1, 0.15) is 28.3 Å². The summed E-state index contributed by atoms with van der Waals surface area (Å²) >= 11 is 6.13. The number of ether oxygens (including phenoxy) is 1. The van der Waals surface area contributed by atoms with Gasteiger partial charge in [0.25, 0.3) is 0 Å². The second-order valence-corrected chi connectivity index (χ2v) is 5.52. The molecule has 0 amide bonds. The molecule has 2 nitrogen and oxygen atoms in total. The van der Waals surface area contributed by atoms with Crippen molar-refractivity contribution in [3.05, 3.63) is 63.7 Å². The molecule has 2 rings (SSSR count). The SMILES string of the molecule is COc1ccc(CC(N)c2cc(C)c(Cl)cc2C)cc1. The first kappa shape index (κ1) is 14.9. The lowest BCUT2D eigenvalue weighted by atomic mass is 9.94. The van der Waals surface area contributed by atoms with Gasteiger partial charge >= 0.3 is 0 Å². The van der Waals surface area contributed by atoms with Crippen LogP contribution in [-0.4, -0.2) is 7.11 Å². The van der Waals surface area contributed by atoms with Crippen molar-refractivity contribution < 1.29 is 4.74 Å². The first-order chi connectivity index (χ1) is 9.51. The molecule has 2 N–H and O–H groups in total. The molecule has 0 aliphatic heterocycles. The molecular formula is C17H20ClNO. The molecule has 0 heterocycles. The molecule has 0 saturated carbocycles. The van der Waals surface area contributed by atoms with Crippen molar-refractivity contribution in [3.8, 4) is 5.75 Å². The summed E-state index contributed by atoms with van der Waals surface area (Å²) in [6, 6.07) is 12.1. The van der Waals surface area contributed by atoms with Gasteiger partial charge in [-0.1, -0.05) is 29.8 Å². The van der Waals surface area contributed by atoms with E-state index in [0.717, 1.165) is 33.9 Å². The molecule has 1 unspecified atom stereocenters. The van der Waals surface area contributed by atoms with E-state index in [1.165, 1.54) is 5.56 Å². The third kappa shape index (κ3) is 3.33. The van der Waals surface area contributed by atoms with Crippen LogP contribution >= 0.6 is 11.6 Å². The van der Waals surface area contributed by atoms with E-state index in [4.69, 9.17) is 22.1 Å². The van der Waals surface area contributed by atoms with Crippen LogP contribution in [0, 0.1) is 13.8 Å². The predicted octanol–water partition coefficient (Wildman–Crippen LogP) is 4.21. The number of halogens is 1. The highest BCUT2D eigenvalue weighted by Gasteiger charge is 2.12. The summed E-state index contributed by atoms with van der Waals surface area (Å²) in [4.78, 5) is 0. The minimum absolute atomic E-state index is 0.0284. The average Bonchev–Trinajstić information content (AvgIpc) is 2.43. The Kier molecular flexibility index (Phi) is 4.69. The lowest BCUT2D eigenvalue weighted by Gasteiger charge is -2.16. The molecule has 0 radical (unpaired) electrons. The van der Waals surface area contributed by atoms with Gasteiger partial charge in [-0.05, 0) is 60.7 Å². The summed E-state index contributed by atoms with van der Waals surface area (Å²) in [7, 11) is 1.67. The monoisotopic (exact) mass is 289 g/mol. The zero-order chi connectivity index (χ0) is 14.7. The summed E-state index contributed by atoms with van der Waals surface area (Å²) in [6.07, 6.45) is 0.798. The Morgan fingerprint density at radius 1 is 1.10 bits per heavy atom. The highest BCUT2D eigenvalue weighted by atomic mass is 35.5. The fourth-order valence-electron chi connectivity index (χ4n) is 2.33. The summed E-state index contributed by atoms with van der Waals surface area (Å²) in [6.45, 7) is 4.06. The molecule has 0 aromatic heterocycles. The quantitative estimate of drug-likeness (QED) is 0.915. The number of hydrogen-bond donors (Lipinski definition) is 1. The van der Waals surface area contributed by atoms with Gasteiger partial charge in [0.1, 0.15) is 5.75 Å². The van der Waals surface area contributed by atoms with E-state index in [1.54, 1.807) is 7.11 Å². The number of nitrogens with two attached hydrogens (primary N) is 1. The number of rotatable bonds is 4. The van der Waals surface area contributed by atoms with Crippen LogP contribution in [0.15, 0.2) is 36.4 Å². The number of benzene rings is 2. The van der Waals surface area contributed by atoms with Crippen LogP contribution in [0.2, 0.25) is 5.02 Å². The highest BCUT2D eigenvalue weighted by molar-refractivity contribution is 6.31. The first-order valence-corrected chi connectivity index (χ1v) is 7.04. The molecule has 2 aromatic rings. The van der Waals surface area contributed by atoms with Gasteiger partial charge in [0.05, 0.1) is 7.11 Å². The predicted molar refractivity (Wildman–Crippen MR) is 84.6 cm³/mol. The normalized spacial score (nSPS) is 12.2. The van der Waals surface area contributed by atoms with Gasteiger partial charge in [0, 0.05) is 11.1 Å². The van der Waals surface area contributed by atoms with Crippen LogP contribution < -0.4 is 10.5 Å². The zero-order valence-corrected chi connectivity index (χ0v) is 12.9. The van der Waals surface area contributed by atoms with Crippen molar-refractivity contribution in [1.29, 1.82) is 0 Å². The molecule has 0 aliphatic rings. The average molecular weight is 290 g/mol. The third-order valence-electron chi connectivity index (χ3n) is 3.56. The van der Waals surface area contributed by atoms with Gasteiger partial charge in [-0.25, -0.2) is 0 Å². The summed E-state index contributed by atoms with van der Waals surface area (Å²) in [5.41, 5.74) is 10.9. The van der Waals surface area contributed by atoms with Crippen molar-refractivity contribution >= 4 is 11.6 Å². The zero-order valence-electron chi connectivity index (χ0n) is 12.1. The molecule has 20 heavy (non-hydrogen) atoms. The minimum Gasteiger partial charge on any atom is -0.497 e. The van der Waals surface area contributed by atoms with Crippen LogP contribution in [0.5, 0.6) is 5.75 Å². The maximum absolute atomic E-state index is 6.34. The van der Waals surface area contributed by atoms with Crippen LogP contribution in [0.4, 0.5) is 0 Å². The second kappa shape index (κ2) is 6.29. The van der Waals surface area contributed by atoms with Gasteiger partial charge in [0.15, 0.2) is 0 Å². The minimum atomic E-state index is -0.0284. The summed E-state index contributed by atoms with van der Waals surface area (Å²) < 4.78 is 5.16. The Morgan fingerprint density at radius 2 is 1.75 bits per heavy atom. The van der Waals surface area contributed by atoms with Crippen molar-refractivity contribution in [3.63, 3.8) is 0 Å². The van der Waals surface area contributed by atoms with Gasteiger partial charge < -0.3 is 10.5 Å². The maximum Gasteiger partial charge on any atom is 0.118 e. The van der Waals surface area contributed by atoms with Crippen molar-refractivity contribution in [2.24, 2.45) is 5.73 Å². The van der Waals surface area contributed by atoms with E-state index < -0.39 is 0 Å². The van der Waals surface area contributed by atoms with Gasteiger partial charge in [-0.3, -0.25) is 0 Å². The van der Waals surface area contributed by atoms with Crippen molar-refractivity contribution in [2.75, 3.05) is 7.11 Å². The summed E-state index contributed by atoms with van der Waals surface area (Å²) in [5, 5.41) is 0.794. The largest absolute Gasteiger partial charge is 0.497 e. The van der Waals surface area contributed by atoms with Crippen LogP contribution in [0.3, 0.4) is 0 Å². The fourth-order valence-corrected chi connectivity index (χ4v) is 2.55. The molecule has 0 bridgehead atoms. The van der Waals surface area contributed by atoms with E-state index in [-0.39, 0.29) is 6.04 Å². The van der Waals surface area contributed by atoms with E-state index >= 15 is 0 Å². The lowest BCUT2D eigenvalue weighted by Crippen LogP contribution is -2.15. The fraction of sp³-hybridized carbons (Fsp3) is 0.294. The van der Waals surface area contributed by atoms with E-state index in [0.29, 0.717) is 0 Å². The third-order valence-corrected chi connectivity index (χ3v) is 3.97. The molecule has 1 atom stereocenters. The topological polar surface area (TPSA) is 35.2 Å². The van der Waals surface area contributed by atoms with E-state index in [2.05, 4.69) is 25.1 Å². The molecule has 2 aromatic carbocycles. The summed E-state index contributed by atoms with van der Waals surface area (Å²) in [5.74, 6) is 0.862. The molecule has 0 spiro atoms. The lowest BCUT2D eigenvalue weighted by molar-refractivity contribution is 0.414. The highest BCUT2D eigenvalue weighted by Crippen LogP contribution is 2.26. The second-order valence-electron chi connectivity index (χ2n) is 5.12. The molecule has 0 saturated heterocycles. The Labute approximate surface area is 125 Å². The number of methoxy groups -OCH3 is 1. The smallest absolute Gasteiger partial charge is 0.118 e. The number of hydrogen-bond acceptors (Lipinski definition) is 2. The van der Waals surface area contributed by atoms with E-state index in [9.17, 15) is 0 Å². The maximum atomic E-state index is 6.34. The molecule has 0 aliphatic carbocycles. The number of aryl methyl sites for hydroxylation is 2. The Morgan fingerprint density at radius 3 is 2.35 bits per heavy atom.